The zero-order chi connectivity index (χ0) is 27.6. The maximum Gasteiger partial charge on any atom is 0.310 e. The third kappa shape index (κ3) is 11.2. The summed E-state index contributed by atoms with van der Waals surface area (Å²) in [5.41, 5.74) is 5.31. The van der Waals surface area contributed by atoms with Gasteiger partial charge in [0.2, 0.25) is 0 Å². The molecule has 0 radical (unpaired) electrons. The lowest BCUT2D eigenvalue weighted by molar-refractivity contribution is -0.143. The number of allylic oxidation sites excluding steroid dienone is 8. The fourth-order valence-corrected chi connectivity index (χ4v) is 3.42. The van der Waals surface area contributed by atoms with E-state index in [2.05, 4.69) is 9.98 Å². The summed E-state index contributed by atoms with van der Waals surface area (Å²) in [5.74, 6) is -0.471. The molecule has 0 saturated heterocycles. The molecule has 0 unspecified atom stereocenters. The van der Waals surface area contributed by atoms with Crippen molar-refractivity contribution in [2.75, 3.05) is 13.2 Å². The van der Waals surface area contributed by atoms with Crippen LogP contribution in [0.2, 0.25) is 0 Å². The average Bonchev–Trinajstić information content (AvgIpc) is 2.90. The Bertz CT molecular complexity index is 1120. The monoisotopic (exact) mass is 512 g/mol. The molecule has 0 aliphatic carbocycles. The quantitative estimate of drug-likeness (QED) is 0.164. The second-order valence-electron chi connectivity index (χ2n) is 8.10. The summed E-state index contributed by atoms with van der Waals surface area (Å²) < 4.78 is 9.98. The van der Waals surface area contributed by atoms with Gasteiger partial charge in [0.15, 0.2) is 0 Å². The van der Waals surface area contributed by atoms with Crippen LogP contribution in [0.4, 0.5) is 11.4 Å². The zero-order valence-electron chi connectivity index (χ0n) is 22.6. The number of aliphatic imine (C=N–C) groups is 2. The molecule has 0 saturated carbocycles. The van der Waals surface area contributed by atoms with E-state index in [1.807, 2.05) is 98.8 Å². The van der Waals surface area contributed by atoms with Crippen LogP contribution in [-0.4, -0.2) is 37.6 Å². The Morgan fingerprint density at radius 1 is 0.658 bits per heavy atom. The largest absolute Gasteiger partial charge is 0.466 e. The van der Waals surface area contributed by atoms with Gasteiger partial charge in [0, 0.05) is 12.4 Å². The summed E-state index contributed by atoms with van der Waals surface area (Å²) in [5, 5.41) is 0. The van der Waals surface area contributed by atoms with Gasteiger partial charge in [0.05, 0.1) is 37.4 Å². The number of rotatable bonds is 13. The minimum atomic E-state index is -0.236. The van der Waals surface area contributed by atoms with Gasteiger partial charge in [-0.15, -0.1) is 0 Å². The number of benzene rings is 2. The summed E-state index contributed by atoms with van der Waals surface area (Å²) in [6, 6.07) is 15.0. The maximum atomic E-state index is 11.6. The molecule has 0 N–H and O–H groups in total. The van der Waals surface area contributed by atoms with E-state index in [9.17, 15) is 9.59 Å². The second-order valence-corrected chi connectivity index (χ2v) is 8.10. The lowest BCUT2D eigenvalue weighted by Crippen LogP contribution is -2.07. The van der Waals surface area contributed by atoms with Crippen LogP contribution in [0.3, 0.4) is 0 Å². The molecule has 2 aromatic carbocycles. The fraction of sp³-hybridized carbons (Fsp3) is 0.250. The van der Waals surface area contributed by atoms with Crippen LogP contribution in [0.1, 0.15) is 38.8 Å². The molecule has 2 aromatic rings. The lowest BCUT2D eigenvalue weighted by atomic mass is 10.0. The van der Waals surface area contributed by atoms with Crippen molar-refractivity contribution in [3.63, 3.8) is 0 Å². The molecule has 0 spiro atoms. The van der Waals surface area contributed by atoms with Gasteiger partial charge in [0.1, 0.15) is 0 Å². The zero-order valence-corrected chi connectivity index (χ0v) is 22.6. The van der Waals surface area contributed by atoms with E-state index in [0.717, 1.165) is 33.6 Å². The van der Waals surface area contributed by atoms with E-state index in [1.165, 1.54) is 0 Å². The highest BCUT2D eigenvalue weighted by Gasteiger charge is 2.04. The second kappa shape index (κ2) is 17.2. The van der Waals surface area contributed by atoms with E-state index in [4.69, 9.17) is 9.47 Å². The number of carbonyl (C=O) groups is 2. The minimum absolute atomic E-state index is 0.236. The molecule has 0 aliphatic heterocycles. The summed E-state index contributed by atoms with van der Waals surface area (Å²) >= 11 is 0. The highest BCUT2D eigenvalue weighted by Crippen LogP contribution is 2.17. The molecule has 6 heteroatoms. The summed E-state index contributed by atoms with van der Waals surface area (Å²) in [4.78, 5) is 32.3. The first kappa shape index (κ1) is 29.9. The number of hydrogen-bond acceptors (Lipinski definition) is 6. The molecule has 38 heavy (non-hydrogen) atoms. The van der Waals surface area contributed by atoms with Crippen LogP contribution in [0.5, 0.6) is 0 Å². The smallest absolute Gasteiger partial charge is 0.310 e. The molecular weight excluding hydrogens is 476 g/mol. The maximum absolute atomic E-state index is 11.6. The third-order valence-electron chi connectivity index (χ3n) is 5.16. The molecule has 0 bridgehead atoms. The van der Waals surface area contributed by atoms with E-state index < -0.39 is 0 Å². The van der Waals surface area contributed by atoms with Crippen molar-refractivity contribution < 1.29 is 19.1 Å². The molecule has 0 heterocycles. The predicted molar refractivity (Wildman–Crippen MR) is 156 cm³/mol. The Labute approximate surface area is 225 Å². The van der Waals surface area contributed by atoms with Crippen molar-refractivity contribution >= 4 is 35.7 Å². The summed E-state index contributed by atoms with van der Waals surface area (Å²) in [6.45, 7) is 8.28. The van der Waals surface area contributed by atoms with E-state index >= 15 is 0 Å². The molecular formula is C32H36N2O4. The topological polar surface area (TPSA) is 77.3 Å². The number of esters is 2. The van der Waals surface area contributed by atoms with E-state index in [-0.39, 0.29) is 24.8 Å². The first-order valence-electron chi connectivity index (χ1n) is 12.7. The number of hydrogen-bond donors (Lipinski definition) is 0. The highest BCUT2D eigenvalue weighted by molar-refractivity contribution is 5.82. The Balaban J connectivity index is 2.12. The first-order chi connectivity index (χ1) is 18.5. The molecule has 198 valence electrons. The molecule has 0 atom stereocenters. The molecule has 0 amide bonds. The lowest BCUT2D eigenvalue weighted by Gasteiger charge is -2.03. The Morgan fingerprint density at radius 3 is 1.34 bits per heavy atom. The number of ether oxygens (including phenoxy) is 2. The Morgan fingerprint density at radius 2 is 1.03 bits per heavy atom. The normalized spacial score (nSPS) is 12.7. The molecule has 0 aliphatic rings. The van der Waals surface area contributed by atoms with Crippen LogP contribution in [0.25, 0.3) is 0 Å². The van der Waals surface area contributed by atoms with Crippen molar-refractivity contribution in [3.05, 3.63) is 107 Å². The van der Waals surface area contributed by atoms with Gasteiger partial charge in [-0.3, -0.25) is 19.6 Å². The number of carbonyl (C=O) groups excluding carboxylic acids is 2. The van der Waals surface area contributed by atoms with Crippen LogP contribution >= 0.6 is 0 Å². The van der Waals surface area contributed by atoms with Crippen molar-refractivity contribution in [1.29, 1.82) is 0 Å². The average molecular weight is 513 g/mol. The molecule has 6 nitrogen and oxygen atoms in total. The first-order valence-corrected chi connectivity index (χ1v) is 12.7. The highest BCUT2D eigenvalue weighted by atomic mass is 16.5. The van der Waals surface area contributed by atoms with Crippen LogP contribution < -0.4 is 0 Å². The SMILES string of the molecule is C\C=C/C(=C/C=Nc1ccc(CC(=O)OCC)cc1)C(/C=C\C)=C/C=Nc1ccc(CC(=O)OCC)cc1. The molecule has 0 aromatic heterocycles. The van der Waals surface area contributed by atoms with E-state index in [0.29, 0.717) is 13.2 Å². The Kier molecular flexibility index (Phi) is 13.5. The summed E-state index contributed by atoms with van der Waals surface area (Å²) in [7, 11) is 0. The van der Waals surface area contributed by atoms with Crippen molar-refractivity contribution in [2.24, 2.45) is 9.98 Å². The van der Waals surface area contributed by atoms with Gasteiger partial charge in [-0.2, -0.15) is 0 Å². The van der Waals surface area contributed by atoms with Gasteiger partial charge >= 0.3 is 11.9 Å². The van der Waals surface area contributed by atoms with Crippen LogP contribution in [0, 0.1) is 0 Å². The van der Waals surface area contributed by atoms with Crippen LogP contribution in [-0.2, 0) is 31.9 Å². The van der Waals surface area contributed by atoms with Crippen molar-refractivity contribution in [3.8, 4) is 0 Å². The summed E-state index contributed by atoms with van der Waals surface area (Å²) in [6.07, 6.45) is 15.9. The third-order valence-corrected chi connectivity index (χ3v) is 5.16. The van der Waals surface area contributed by atoms with E-state index in [1.54, 1.807) is 26.3 Å². The minimum Gasteiger partial charge on any atom is -0.466 e. The van der Waals surface area contributed by atoms with Gasteiger partial charge in [-0.1, -0.05) is 48.6 Å². The van der Waals surface area contributed by atoms with Gasteiger partial charge in [-0.05, 0) is 86.4 Å². The van der Waals surface area contributed by atoms with Crippen molar-refractivity contribution in [1.82, 2.24) is 0 Å². The van der Waals surface area contributed by atoms with Gasteiger partial charge in [0.25, 0.3) is 0 Å². The Hall–Kier alpha value is -4.32. The predicted octanol–water partition coefficient (Wildman–Crippen LogP) is 7.01. The molecule has 2 rings (SSSR count). The molecule has 0 fully saturated rings. The van der Waals surface area contributed by atoms with Crippen molar-refractivity contribution in [2.45, 2.75) is 40.5 Å². The fourth-order valence-electron chi connectivity index (χ4n) is 3.42. The van der Waals surface area contributed by atoms with Crippen LogP contribution in [0.15, 0.2) is 106 Å². The van der Waals surface area contributed by atoms with Gasteiger partial charge in [-0.25, -0.2) is 0 Å². The number of nitrogens with zero attached hydrogens (tertiary/aromatic N) is 2. The standard InChI is InChI=1S/C32H36N2O4/c1-5-9-27(19-21-33-29-15-11-25(12-16-29)23-31(35)37-7-3)28(10-6-2)20-22-34-30-17-13-26(14-18-30)24-32(36)38-8-4/h5-6,9-22H,7-8,23-24H2,1-4H3/b9-5-,10-6-,27-19-,28-20+,33-21?,34-22?. The van der Waals surface area contributed by atoms with Gasteiger partial charge < -0.3 is 9.47 Å².